The number of rotatable bonds is 12. The van der Waals surface area contributed by atoms with Crippen molar-refractivity contribution in [3.8, 4) is 0 Å². The van der Waals surface area contributed by atoms with Crippen molar-refractivity contribution in [1.82, 2.24) is 4.90 Å². The van der Waals surface area contributed by atoms with Gasteiger partial charge in [0.25, 0.3) is 15.3 Å². The summed E-state index contributed by atoms with van der Waals surface area (Å²) in [7, 11) is -9.28. The molecule has 0 aromatic rings. The molecule has 0 atom stereocenters. The van der Waals surface area contributed by atoms with Crippen LogP contribution >= 0.6 is 15.6 Å². The Morgan fingerprint density at radius 2 is 0.800 bits per heavy atom. The molecule has 0 amide bonds. The van der Waals surface area contributed by atoms with Gasteiger partial charge in [-0.25, -0.2) is 9.13 Å². The Morgan fingerprint density at radius 3 is 0.933 bits per heavy atom. The summed E-state index contributed by atoms with van der Waals surface area (Å²) in [6.07, 6.45) is 0. The molecule has 0 aliphatic carbocycles. The Kier molecular flexibility index (Phi) is 23.6. The van der Waals surface area contributed by atoms with E-state index in [1.807, 2.05) is 0 Å². The second-order valence-electron chi connectivity index (χ2n) is 4.04. The summed E-state index contributed by atoms with van der Waals surface area (Å²) >= 11 is 0. The van der Waals surface area contributed by atoms with Crippen molar-refractivity contribution < 1.29 is 68.3 Å². The molecule has 0 aliphatic rings. The van der Waals surface area contributed by atoms with Gasteiger partial charge in [0.15, 0.2) is 0 Å². The Labute approximate surface area is 186 Å². The Hall–Kier alpha value is -1.30. The zero-order valence-electron chi connectivity index (χ0n) is 14.8. The van der Waals surface area contributed by atoms with Gasteiger partial charge in [-0.15, -0.1) is 30.3 Å². The summed E-state index contributed by atoms with van der Waals surface area (Å²) in [5, 5.41) is 26.8. The normalized spacial score (nSPS) is 10.2. The fourth-order valence-corrected chi connectivity index (χ4v) is 1.07. The van der Waals surface area contributed by atoms with Crippen LogP contribution in [0, 0.1) is 30.3 Å². The molecule has 0 saturated heterocycles. The van der Waals surface area contributed by atoms with E-state index in [-0.39, 0.29) is 66.8 Å². The van der Waals surface area contributed by atoms with Crippen molar-refractivity contribution in [1.29, 1.82) is 0 Å². The van der Waals surface area contributed by atoms with E-state index in [0.29, 0.717) is 0 Å². The van der Waals surface area contributed by atoms with Gasteiger partial charge in [0.2, 0.25) is 0 Å². The molecule has 0 heterocycles. The summed E-state index contributed by atoms with van der Waals surface area (Å²) in [5.74, 6) is 0. The number of hydrogen-bond acceptors (Lipinski definition) is 12. The van der Waals surface area contributed by atoms with E-state index >= 15 is 0 Å². The number of hydrogen-bond donors (Lipinski definition) is 6. The van der Waals surface area contributed by atoms with Crippen molar-refractivity contribution in [2.45, 2.75) is 0 Å². The molecule has 0 aromatic carbocycles. The third-order valence-electron chi connectivity index (χ3n) is 1.81. The van der Waals surface area contributed by atoms with E-state index in [0.717, 1.165) is 0 Å². The molecule has 0 spiro atoms. The molecule has 0 fully saturated rings. The zero-order chi connectivity index (χ0) is 23.7. The minimum absolute atomic E-state index is 0. The van der Waals surface area contributed by atoms with E-state index in [1.54, 1.807) is 0 Å². The molecule has 0 unspecified atom stereocenters. The van der Waals surface area contributed by atoms with Gasteiger partial charge in [0.1, 0.15) is 19.8 Å². The summed E-state index contributed by atoms with van der Waals surface area (Å²) in [6, 6.07) is 0. The molecule has 0 aliphatic heterocycles. The third-order valence-corrected chi connectivity index (χ3v) is 1.81. The van der Waals surface area contributed by atoms with Gasteiger partial charge in [-0.05, 0) is 0 Å². The van der Waals surface area contributed by atoms with Gasteiger partial charge in [-0.1, -0.05) is 0 Å². The molecular formula is C6H20N4O17P2Pb. The maximum atomic E-state index is 9.92. The average Bonchev–Trinajstić information content (AvgIpc) is 2.41. The van der Waals surface area contributed by atoms with Crippen LogP contribution in [0.3, 0.4) is 0 Å². The standard InChI is InChI=1S/C6H12N4O9.2H3O4P.Pb.2H/c11-8(12)17-4-1-7(2-5-18-9(13)14)3-6-19-10(15)16;2*1-5(2,3)4;;;/h1-6H2;2*(H3,1,2,3,4);;;. The van der Waals surface area contributed by atoms with E-state index in [2.05, 4.69) is 14.5 Å². The van der Waals surface area contributed by atoms with E-state index in [1.165, 1.54) is 4.90 Å². The number of phosphoric acid groups is 2. The molecule has 6 N–H and O–H groups in total. The van der Waals surface area contributed by atoms with Crippen LogP contribution in [0.1, 0.15) is 0 Å². The van der Waals surface area contributed by atoms with Crippen LogP contribution in [-0.4, -0.2) is 116 Å². The molecule has 0 saturated carbocycles. The monoisotopic (exact) mass is 690 g/mol. The van der Waals surface area contributed by atoms with Crippen LogP contribution in [0.25, 0.3) is 0 Å². The molecule has 180 valence electrons. The molecule has 0 aromatic heterocycles. The average molecular weight is 689 g/mol. The van der Waals surface area contributed by atoms with Gasteiger partial charge >= 0.3 is 42.9 Å². The quantitative estimate of drug-likeness (QED) is 0.0494. The van der Waals surface area contributed by atoms with Crippen molar-refractivity contribution in [3.63, 3.8) is 0 Å². The van der Waals surface area contributed by atoms with Crippen LogP contribution in [0.4, 0.5) is 0 Å². The molecule has 0 rings (SSSR count). The zero-order valence-corrected chi connectivity index (χ0v) is 22.1. The van der Waals surface area contributed by atoms with Gasteiger partial charge < -0.3 is 43.9 Å². The topological polar surface area (TPSA) is 316 Å². The van der Waals surface area contributed by atoms with E-state index in [4.69, 9.17) is 38.5 Å². The second-order valence-corrected chi connectivity index (χ2v) is 6.09. The summed E-state index contributed by atoms with van der Waals surface area (Å²) in [5.41, 5.74) is 0. The van der Waals surface area contributed by atoms with Gasteiger partial charge in [0, 0.05) is 19.6 Å². The first-order valence-corrected chi connectivity index (χ1v) is 9.65. The van der Waals surface area contributed by atoms with Crippen molar-refractivity contribution in [3.05, 3.63) is 30.3 Å². The Morgan fingerprint density at radius 1 is 0.633 bits per heavy atom. The van der Waals surface area contributed by atoms with Gasteiger partial charge in [-0.3, -0.25) is 4.90 Å². The van der Waals surface area contributed by atoms with Crippen molar-refractivity contribution in [2.24, 2.45) is 0 Å². The van der Waals surface area contributed by atoms with Gasteiger partial charge in [-0.2, -0.15) is 0 Å². The maximum absolute atomic E-state index is 9.92. The van der Waals surface area contributed by atoms with Crippen LogP contribution in [0.5, 0.6) is 0 Å². The van der Waals surface area contributed by atoms with Crippen LogP contribution < -0.4 is 0 Å². The SMILES string of the molecule is O=P(O)(O)O.O=P(O)(O)O.O=[N+]([O-])OCCN(CCO[N+](=O)[O-])CCO[N+](=O)[O-].[PbH2]. The summed E-state index contributed by atoms with van der Waals surface area (Å²) in [4.78, 5) is 86.5. The second kappa shape index (κ2) is 19.7. The third kappa shape index (κ3) is 63.2. The van der Waals surface area contributed by atoms with Crippen LogP contribution in [0.15, 0.2) is 0 Å². The summed E-state index contributed by atoms with van der Waals surface area (Å²) in [6.45, 7) is -0.687. The molecule has 24 heteroatoms. The molecule has 30 heavy (non-hydrogen) atoms. The first kappa shape index (κ1) is 36.1. The molecular weight excluding hydrogens is 669 g/mol. The fraction of sp³-hybridized carbons (Fsp3) is 1.00. The molecule has 21 nitrogen and oxygen atoms in total. The fourth-order valence-electron chi connectivity index (χ4n) is 1.07. The molecule has 0 bridgehead atoms. The van der Waals surface area contributed by atoms with Crippen molar-refractivity contribution >= 4 is 42.9 Å². The first-order chi connectivity index (χ1) is 12.9. The van der Waals surface area contributed by atoms with Gasteiger partial charge in [0.05, 0.1) is 0 Å². The van der Waals surface area contributed by atoms with E-state index < -0.39 is 30.9 Å². The predicted molar refractivity (Wildman–Crippen MR) is 92.3 cm³/mol. The molecule has 2 radical (unpaired) electrons. The van der Waals surface area contributed by atoms with E-state index in [9.17, 15) is 30.3 Å². The summed E-state index contributed by atoms with van der Waals surface area (Å²) < 4.78 is 17.8. The van der Waals surface area contributed by atoms with Crippen molar-refractivity contribution in [2.75, 3.05) is 39.5 Å². The first-order valence-electron chi connectivity index (χ1n) is 6.52. The number of nitrogens with zero attached hydrogens (tertiary/aromatic N) is 4. The minimum atomic E-state index is -4.64. The van der Waals surface area contributed by atoms with Crippen LogP contribution in [-0.2, 0) is 23.6 Å². The Balaban J connectivity index is -0.000000254. The Bertz CT molecular complexity index is 497. The van der Waals surface area contributed by atoms with Crippen LogP contribution in [0.2, 0.25) is 0 Å². The predicted octanol–water partition coefficient (Wildman–Crippen LogP) is -3.86.